The minimum absolute atomic E-state index is 0.0695. The lowest BCUT2D eigenvalue weighted by Crippen LogP contribution is -2.49. The van der Waals surface area contributed by atoms with Crippen LogP contribution in [0, 0.1) is 23.2 Å². The Kier molecular flexibility index (Phi) is 8.85. The molecular weight excluding hydrogens is 455 g/mol. The first-order valence-corrected chi connectivity index (χ1v) is 11.6. The van der Waals surface area contributed by atoms with E-state index in [1.54, 1.807) is 25.1 Å². The van der Waals surface area contributed by atoms with E-state index in [2.05, 4.69) is 23.8 Å². The molecule has 2 N–H and O–H groups in total. The standard InChI is InChI=1S/C26H26Cl2N4O/c1-3-4-8-19-9-11-20(12-10-19)25(30-23-14-13-21(27)17-22(23)28)18(2)24(29)26(33)31-32-15-6-5-7-16-32/h3,9-14,17-18,29H,1,5-7,15-16H2,2H3,(H,31,33). The number of nitrogens with zero attached hydrogens (tertiary/aromatic N) is 2. The van der Waals surface area contributed by atoms with E-state index < -0.39 is 11.8 Å². The molecule has 170 valence electrons. The van der Waals surface area contributed by atoms with Gasteiger partial charge in [-0.1, -0.05) is 67.1 Å². The van der Waals surface area contributed by atoms with Gasteiger partial charge in [-0.2, -0.15) is 0 Å². The van der Waals surface area contributed by atoms with E-state index in [1.807, 2.05) is 29.3 Å². The van der Waals surface area contributed by atoms with Crippen molar-refractivity contribution in [1.82, 2.24) is 10.4 Å². The van der Waals surface area contributed by atoms with Gasteiger partial charge in [0, 0.05) is 29.6 Å². The van der Waals surface area contributed by atoms with Crippen molar-refractivity contribution in [1.29, 1.82) is 5.41 Å². The van der Waals surface area contributed by atoms with E-state index in [1.165, 1.54) is 6.08 Å². The summed E-state index contributed by atoms with van der Waals surface area (Å²) in [5.41, 5.74) is 5.47. The molecule has 33 heavy (non-hydrogen) atoms. The number of carbonyl (C=O) groups excluding carboxylic acids is 1. The molecule has 5 nitrogen and oxygen atoms in total. The van der Waals surface area contributed by atoms with E-state index in [4.69, 9.17) is 33.6 Å². The molecule has 0 bridgehead atoms. The smallest absolute Gasteiger partial charge is 0.279 e. The Morgan fingerprint density at radius 1 is 1.18 bits per heavy atom. The van der Waals surface area contributed by atoms with Gasteiger partial charge in [0.2, 0.25) is 0 Å². The van der Waals surface area contributed by atoms with Crippen LogP contribution in [0.15, 0.2) is 60.1 Å². The number of piperidine rings is 1. The molecule has 0 aliphatic carbocycles. The fraction of sp³-hybridized carbons (Fsp3) is 0.269. The van der Waals surface area contributed by atoms with Crippen molar-refractivity contribution < 1.29 is 4.79 Å². The zero-order valence-corrected chi connectivity index (χ0v) is 20.0. The zero-order valence-electron chi connectivity index (χ0n) is 18.5. The quantitative estimate of drug-likeness (QED) is 0.403. The number of rotatable bonds is 6. The van der Waals surface area contributed by atoms with Gasteiger partial charge in [0.25, 0.3) is 5.91 Å². The van der Waals surface area contributed by atoms with Crippen LogP contribution in [0.1, 0.15) is 37.3 Å². The van der Waals surface area contributed by atoms with E-state index >= 15 is 0 Å². The minimum atomic E-state index is -0.577. The number of hydrogen-bond acceptors (Lipinski definition) is 4. The van der Waals surface area contributed by atoms with Crippen molar-refractivity contribution in [3.63, 3.8) is 0 Å². The molecule has 2 aromatic rings. The number of nitrogens with one attached hydrogen (secondary N) is 2. The number of allylic oxidation sites excluding steroid dienone is 1. The Bertz CT molecular complexity index is 1120. The second kappa shape index (κ2) is 11.8. The van der Waals surface area contributed by atoms with E-state index in [0.29, 0.717) is 21.4 Å². The van der Waals surface area contributed by atoms with Crippen molar-refractivity contribution >= 4 is 46.2 Å². The Morgan fingerprint density at radius 3 is 2.52 bits per heavy atom. The highest BCUT2D eigenvalue weighted by molar-refractivity contribution is 6.43. The molecule has 0 radical (unpaired) electrons. The number of aliphatic imine (C=N–C) groups is 1. The molecule has 1 atom stereocenters. The van der Waals surface area contributed by atoms with Gasteiger partial charge in [-0.05, 0) is 54.8 Å². The highest BCUT2D eigenvalue weighted by Gasteiger charge is 2.25. The summed E-state index contributed by atoms with van der Waals surface area (Å²) in [7, 11) is 0. The summed E-state index contributed by atoms with van der Waals surface area (Å²) in [5, 5.41) is 11.4. The maximum atomic E-state index is 12.8. The van der Waals surface area contributed by atoms with Gasteiger partial charge < -0.3 is 0 Å². The van der Waals surface area contributed by atoms with Crippen LogP contribution < -0.4 is 5.43 Å². The third-order valence-electron chi connectivity index (χ3n) is 5.35. The van der Waals surface area contributed by atoms with Crippen LogP contribution in [0.25, 0.3) is 0 Å². The molecule has 1 aliphatic heterocycles. The molecule has 0 saturated carbocycles. The van der Waals surface area contributed by atoms with E-state index in [-0.39, 0.29) is 5.71 Å². The Labute approximate surface area is 205 Å². The lowest BCUT2D eigenvalue weighted by atomic mass is 9.92. The number of carbonyl (C=O) groups is 1. The number of amides is 1. The second-order valence-corrected chi connectivity index (χ2v) is 8.61. The largest absolute Gasteiger partial charge is 0.299 e. The highest BCUT2D eigenvalue weighted by Crippen LogP contribution is 2.29. The Balaban J connectivity index is 1.93. The van der Waals surface area contributed by atoms with Crippen LogP contribution in [0.5, 0.6) is 0 Å². The monoisotopic (exact) mass is 480 g/mol. The fourth-order valence-electron chi connectivity index (χ4n) is 3.51. The molecule has 1 aliphatic rings. The summed E-state index contributed by atoms with van der Waals surface area (Å²) in [6.45, 7) is 6.99. The number of benzene rings is 2. The van der Waals surface area contributed by atoms with Gasteiger partial charge in [-0.3, -0.25) is 20.6 Å². The summed E-state index contributed by atoms with van der Waals surface area (Å²) in [4.78, 5) is 17.6. The molecule has 1 amide bonds. The first-order valence-electron chi connectivity index (χ1n) is 10.8. The summed E-state index contributed by atoms with van der Waals surface area (Å²) in [5.74, 6) is 4.81. The second-order valence-electron chi connectivity index (χ2n) is 7.77. The molecule has 1 unspecified atom stereocenters. The fourth-order valence-corrected chi connectivity index (χ4v) is 3.97. The van der Waals surface area contributed by atoms with E-state index in [9.17, 15) is 4.79 Å². The first-order chi connectivity index (χ1) is 15.9. The van der Waals surface area contributed by atoms with Crippen LogP contribution in [0.3, 0.4) is 0 Å². The van der Waals surface area contributed by atoms with Crippen LogP contribution in [0.4, 0.5) is 5.69 Å². The van der Waals surface area contributed by atoms with Gasteiger partial charge in [-0.25, -0.2) is 5.01 Å². The molecule has 1 heterocycles. The molecule has 7 heteroatoms. The zero-order chi connectivity index (χ0) is 23.8. The van der Waals surface area contributed by atoms with Crippen LogP contribution >= 0.6 is 23.2 Å². The van der Waals surface area contributed by atoms with Crippen molar-refractivity contribution in [2.45, 2.75) is 26.2 Å². The number of hydrazine groups is 1. The lowest BCUT2D eigenvalue weighted by Gasteiger charge is -2.27. The SMILES string of the molecule is C=CC#Cc1ccc(C(=Nc2ccc(Cl)cc2Cl)C(C)C(=N)C(=O)NN2CCCCC2)cc1. The number of halogens is 2. The summed E-state index contributed by atoms with van der Waals surface area (Å²) >= 11 is 12.4. The van der Waals surface area contributed by atoms with Crippen molar-refractivity contribution in [3.05, 3.63) is 76.3 Å². The van der Waals surface area contributed by atoms with Crippen molar-refractivity contribution in [2.75, 3.05) is 13.1 Å². The molecular formula is C26H26Cl2N4O. The van der Waals surface area contributed by atoms with Crippen molar-refractivity contribution in [3.8, 4) is 11.8 Å². The highest BCUT2D eigenvalue weighted by atomic mass is 35.5. The molecule has 0 aromatic heterocycles. The predicted octanol–water partition coefficient (Wildman–Crippen LogP) is 5.82. The minimum Gasteiger partial charge on any atom is -0.299 e. The van der Waals surface area contributed by atoms with Gasteiger partial charge in [-0.15, -0.1) is 0 Å². The predicted molar refractivity (Wildman–Crippen MR) is 137 cm³/mol. The third-order valence-corrected chi connectivity index (χ3v) is 5.89. The Hall–Kier alpha value is -2.91. The molecule has 1 saturated heterocycles. The number of hydrogen-bond donors (Lipinski definition) is 2. The molecule has 1 fully saturated rings. The first kappa shape index (κ1) is 24.7. The maximum Gasteiger partial charge on any atom is 0.279 e. The van der Waals surface area contributed by atoms with Gasteiger partial charge in [0.1, 0.15) is 5.71 Å². The van der Waals surface area contributed by atoms with Gasteiger partial charge >= 0.3 is 0 Å². The van der Waals surface area contributed by atoms with Gasteiger partial charge in [0.15, 0.2) is 0 Å². The van der Waals surface area contributed by atoms with Crippen molar-refractivity contribution in [2.24, 2.45) is 10.9 Å². The lowest BCUT2D eigenvalue weighted by molar-refractivity contribution is -0.120. The summed E-state index contributed by atoms with van der Waals surface area (Å²) in [6.07, 6.45) is 4.76. The molecule has 3 rings (SSSR count). The van der Waals surface area contributed by atoms with Crippen LogP contribution in [-0.2, 0) is 4.79 Å². The Morgan fingerprint density at radius 2 is 1.88 bits per heavy atom. The van der Waals surface area contributed by atoms with Gasteiger partial charge in [0.05, 0.1) is 16.4 Å². The molecule has 2 aromatic carbocycles. The maximum absolute atomic E-state index is 12.8. The third kappa shape index (κ3) is 6.79. The van der Waals surface area contributed by atoms with Crippen LogP contribution in [-0.4, -0.2) is 35.4 Å². The van der Waals surface area contributed by atoms with Crippen LogP contribution in [0.2, 0.25) is 10.0 Å². The summed E-state index contributed by atoms with van der Waals surface area (Å²) in [6, 6.07) is 12.5. The normalized spacial score (nSPS) is 15.2. The average molecular weight is 481 g/mol. The topological polar surface area (TPSA) is 68.5 Å². The molecule has 0 spiro atoms. The van der Waals surface area contributed by atoms with E-state index in [0.717, 1.165) is 43.5 Å². The summed E-state index contributed by atoms with van der Waals surface area (Å²) < 4.78 is 0. The average Bonchev–Trinajstić information content (AvgIpc) is 2.82.